The van der Waals surface area contributed by atoms with Gasteiger partial charge in [-0.1, -0.05) is 0 Å². The summed E-state index contributed by atoms with van der Waals surface area (Å²) in [5, 5.41) is 0. The second kappa shape index (κ2) is 5.10. The summed E-state index contributed by atoms with van der Waals surface area (Å²) in [6.45, 7) is 3.76. The Labute approximate surface area is 100 Å². The van der Waals surface area contributed by atoms with E-state index in [2.05, 4.69) is 4.90 Å². The first-order valence-corrected chi connectivity index (χ1v) is 6.02. The number of hydrogen-bond donors (Lipinski definition) is 1. The lowest BCUT2D eigenvalue weighted by atomic mass is 10.0. The molecule has 1 fully saturated rings. The lowest BCUT2D eigenvalue weighted by Gasteiger charge is -2.35. The zero-order valence-electron chi connectivity index (χ0n) is 10.00. The Morgan fingerprint density at radius 2 is 1.71 bits per heavy atom. The number of rotatable bonds is 2. The van der Waals surface area contributed by atoms with Gasteiger partial charge in [0.25, 0.3) is 0 Å². The van der Waals surface area contributed by atoms with Crippen molar-refractivity contribution in [1.29, 1.82) is 0 Å². The van der Waals surface area contributed by atoms with E-state index < -0.39 is 11.6 Å². The van der Waals surface area contributed by atoms with Gasteiger partial charge in [-0.2, -0.15) is 0 Å². The number of benzene rings is 1. The maximum absolute atomic E-state index is 13.1. The van der Waals surface area contributed by atoms with Crippen LogP contribution in [0.1, 0.15) is 31.4 Å². The van der Waals surface area contributed by atoms with Crippen molar-refractivity contribution in [2.24, 2.45) is 5.73 Å². The third-order valence-electron chi connectivity index (χ3n) is 3.49. The summed E-state index contributed by atoms with van der Waals surface area (Å²) >= 11 is 0. The summed E-state index contributed by atoms with van der Waals surface area (Å²) in [5.74, 6) is -1.03. The summed E-state index contributed by atoms with van der Waals surface area (Å²) in [4.78, 5) is 2.22. The van der Waals surface area contributed by atoms with Crippen LogP contribution in [0.3, 0.4) is 0 Å². The van der Waals surface area contributed by atoms with Gasteiger partial charge < -0.3 is 5.73 Å². The molecule has 1 unspecified atom stereocenters. The number of halogens is 2. The van der Waals surface area contributed by atoms with E-state index in [1.54, 1.807) is 0 Å². The molecule has 1 aliphatic heterocycles. The highest BCUT2D eigenvalue weighted by Gasteiger charge is 2.22. The van der Waals surface area contributed by atoms with Crippen molar-refractivity contribution in [3.8, 4) is 0 Å². The normalized spacial score (nSPS) is 20.5. The molecule has 1 saturated heterocycles. The number of nitrogens with two attached hydrogens (primary N) is 1. The van der Waals surface area contributed by atoms with Gasteiger partial charge in [0.1, 0.15) is 11.6 Å². The first kappa shape index (κ1) is 12.5. The molecule has 17 heavy (non-hydrogen) atoms. The SMILES string of the molecule is CC(c1cc(F)cc(F)c1)N1CCC(N)CC1. The van der Waals surface area contributed by atoms with Gasteiger partial charge in [0.15, 0.2) is 0 Å². The van der Waals surface area contributed by atoms with Gasteiger partial charge in [0, 0.05) is 31.2 Å². The van der Waals surface area contributed by atoms with Gasteiger partial charge in [-0.15, -0.1) is 0 Å². The maximum atomic E-state index is 13.1. The quantitative estimate of drug-likeness (QED) is 0.860. The zero-order chi connectivity index (χ0) is 12.4. The Hall–Kier alpha value is -1.00. The molecule has 1 aromatic carbocycles. The highest BCUT2D eigenvalue weighted by Crippen LogP contribution is 2.24. The monoisotopic (exact) mass is 240 g/mol. The van der Waals surface area contributed by atoms with Crippen LogP contribution in [-0.2, 0) is 0 Å². The number of nitrogens with zero attached hydrogens (tertiary/aromatic N) is 1. The predicted molar refractivity (Wildman–Crippen MR) is 63.6 cm³/mol. The summed E-state index contributed by atoms with van der Waals surface area (Å²) < 4.78 is 26.3. The average Bonchev–Trinajstić information content (AvgIpc) is 2.28. The molecular formula is C13H18F2N2. The highest BCUT2D eigenvalue weighted by molar-refractivity contribution is 5.21. The van der Waals surface area contributed by atoms with Gasteiger partial charge in [-0.25, -0.2) is 8.78 Å². The van der Waals surface area contributed by atoms with E-state index in [4.69, 9.17) is 5.73 Å². The van der Waals surface area contributed by atoms with Crippen LogP contribution in [0.15, 0.2) is 18.2 Å². The molecule has 1 atom stereocenters. The molecule has 0 saturated carbocycles. The average molecular weight is 240 g/mol. The Morgan fingerprint density at radius 1 is 1.18 bits per heavy atom. The Balaban J connectivity index is 2.10. The molecule has 0 aromatic heterocycles. The van der Waals surface area contributed by atoms with E-state index in [9.17, 15) is 8.78 Å². The minimum Gasteiger partial charge on any atom is -0.328 e. The van der Waals surface area contributed by atoms with E-state index in [0.717, 1.165) is 32.0 Å². The van der Waals surface area contributed by atoms with Crippen molar-refractivity contribution < 1.29 is 8.78 Å². The fourth-order valence-corrected chi connectivity index (χ4v) is 2.33. The largest absolute Gasteiger partial charge is 0.328 e. The highest BCUT2D eigenvalue weighted by atomic mass is 19.1. The van der Waals surface area contributed by atoms with Gasteiger partial charge >= 0.3 is 0 Å². The molecule has 2 nitrogen and oxygen atoms in total. The molecule has 2 N–H and O–H groups in total. The van der Waals surface area contributed by atoms with Crippen molar-refractivity contribution in [2.45, 2.75) is 31.8 Å². The smallest absolute Gasteiger partial charge is 0.126 e. The van der Waals surface area contributed by atoms with Gasteiger partial charge in [0.05, 0.1) is 0 Å². The Kier molecular flexibility index (Phi) is 3.74. The number of likely N-dealkylation sites (tertiary alicyclic amines) is 1. The van der Waals surface area contributed by atoms with E-state index in [1.807, 2.05) is 6.92 Å². The molecule has 1 aromatic rings. The van der Waals surface area contributed by atoms with Crippen molar-refractivity contribution in [3.63, 3.8) is 0 Å². The second-order valence-electron chi connectivity index (χ2n) is 4.75. The lowest BCUT2D eigenvalue weighted by molar-refractivity contribution is 0.163. The number of hydrogen-bond acceptors (Lipinski definition) is 2. The third kappa shape index (κ3) is 3.01. The van der Waals surface area contributed by atoms with Crippen LogP contribution in [-0.4, -0.2) is 24.0 Å². The standard InChI is InChI=1S/C13H18F2N2/c1-9(17-4-2-13(16)3-5-17)10-6-11(14)8-12(15)7-10/h6-9,13H,2-5,16H2,1H3. The topological polar surface area (TPSA) is 29.3 Å². The Morgan fingerprint density at radius 3 is 2.24 bits per heavy atom. The van der Waals surface area contributed by atoms with Crippen LogP contribution >= 0.6 is 0 Å². The molecule has 1 aliphatic rings. The molecule has 2 rings (SSSR count). The summed E-state index contributed by atoms with van der Waals surface area (Å²) in [6, 6.07) is 4.02. The molecule has 0 radical (unpaired) electrons. The van der Waals surface area contributed by atoms with Crippen molar-refractivity contribution in [1.82, 2.24) is 4.90 Å². The molecule has 0 bridgehead atoms. The molecule has 94 valence electrons. The maximum Gasteiger partial charge on any atom is 0.126 e. The predicted octanol–water partition coefficient (Wildman–Crippen LogP) is 2.45. The van der Waals surface area contributed by atoms with E-state index in [0.29, 0.717) is 5.56 Å². The van der Waals surface area contributed by atoms with Gasteiger partial charge in [-0.3, -0.25) is 4.90 Å². The summed E-state index contributed by atoms with van der Waals surface area (Å²) in [5.41, 5.74) is 6.53. The van der Waals surface area contributed by atoms with E-state index in [1.165, 1.54) is 12.1 Å². The molecule has 1 heterocycles. The van der Waals surface area contributed by atoms with Crippen LogP contribution < -0.4 is 5.73 Å². The van der Waals surface area contributed by atoms with Gasteiger partial charge in [-0.05, 0) is 37.5 Å². The second-order valence-corrected chi connectivity index (χ2v) is 4.75. The van der Waals surface area contributed by atoms with Crippen molar-refractivity contribution >= 4 is 0 Å². The first-order valence-electron chi connectivity index (χ1n) is 6.02. The molecule has 0 spiro atoms. The number of piperidine rings is 1. The fourth-order valence-electron chi connectivity index (χ4n) is 2.33. The van der Waals surface area contributed by atoms with Gasteiger partial charge in [0.2, 0.25) is 0 Å². The first-order chi connectivity index (χ1) is 8.06. The molecule has 0 amide bonds. The zero-order valence-corrected chi connectivity index (χ0v) is 10.00. The lowest BCUT2D eigenvalue weighted by Crippen LogP contribution is -2.40. The van der Waals surface area contributed by atoms with Crippen LogP contribution in [0.5, 0.6) is 0 Å². The van der Waals surface area contributed by atoms with Crippen LogP contribution in [0.4, 0.5) is 8.78 Å². The minimum atomic E-state index is -0.513. The fraction of sp³-hybridized carbons (Fsp3) is 0.538. The van der Waals surface area contributed by atoms with Crippen LogP contribution in [0.25, 0.3) is 0 Å². The van der Waals surface area contributed by atoms with Crippen molar-refractivity contribution in [2.75, 3.05) is 13.1 Å². The van der Waals surface area contributed by atoms with Crippen LogP contribution in [0, 0.1) is 11.6 Å². The minimum absolute atomic E-state index is 0.0349. The van der Waals surface area contributed by atoms with E-state index in [-0.39, 0.29) is 12.1 Å². The molecule has 0 aliphatic carbocycles. The van der Waals surface area contributed by atoms with Crippen LogP contribution in [0.2, 0.25) is 0 Å². The Bertz CT molecular complexity index is 367. The third-order valence-corrected chi connectivity index (χ3v) is 3.49. The van der Waals surface area contributed by atoms with Crippen molar-refractivity contribution in [3.05, 3.63) is 35.4 Å². The summed E-state index contributed by atoms with van der Waals surface area (Å²) in [7, 11) is 0. The summed E-state index contributed by atoms with van der Waals surface area (Å²) in [6.07, 6.45) is 1.89. The molecule has 4 heteroatoms. The molecular weight excluding hydrogens is 222 g/mol. The van der Waals surface area contributed by atoms with E-state index >= 15 is 0 Å².